The molecule has 0 aliphatic heterocycles. The molecule has 42 valence electrons. The van der Waals surface area contributed by atoms with Crippen molar-refractivity contribution in [2.75, 3.05) is 0 Å². The number of halogens is 4. The van der Waals surface area contributed by atoms with Crippen molar-refractivity contribution in [2.24, 2.45) is 0 Å². The molecule has 0 aromatic carbocycles. The molecule has 0 rings (SSSR count). The van der Waals surface area contributed by atoms with Crippen LogP contribution in [0.3, 0.4) is 0 Å². The van der Waals surface area contributed by atoms with Crippen LogP contribution in [0, 0.1) is 0 Å². The first kappa shape index (κ1) is 8.31. The summed E-state index contributed by atoms with van der Waals surface area (Å²) in [5.74, 6) is 0. The number of hydrogen-bond acceptors (Lipinski definition) is 0. The molecular weight excluding hydrogens is 238 g/mol. The van der Waals surface area contributed by atoms with Gasteiger partial charge in [0.05, 0.1) is 0 Å². The van der Waals surface area contributed by atoms with Gasteiger partial charge in [0.2, 0.25) is 0 Å². The lowest BCUT2D eigenvalue weighted by atomic mass is 11.3. The summed E-state index contributed by atoms with van der Waals surface area (Å²) in [4.78, 5) is 0. The number of hydrogen-bond donors (Lipinski definition) is 0. The topological polar surface area (TPSA) is 0 Å². The molecule has 0 saturated heterocycles. The third-order valence-corrected chi connectivity index (χ3v) is 6.81. The largest absolute Gasteiger partial charge is 0.379 e. The first-order chi connectivity index (χ1) is 2.94. The molecule has 0 nitrogen and oxygen atoms in total. The standard InChI is InChI=1S/C2H2BrCl3Si/c1-2(3)7(4,5)6/h1H2. The van der Waals surface area contributed by atoms with Gasteiger partial charge in [-0.3, -0.25) is 0 Å². The third-order valence-electron chi connectivity index (χ3n) is 0.308. The molecule has 0 aliphatic rings. The fourth-order valence-corrected chi connectivity index (χ4v) is 0. The van der Waals surface area contributed by atoms with Crippen molar-refractivity contribution in [1.29, 1.82) is 0 Å². The summed E-state index contributed by atoms with van der Waals surface area (Å²) in [5, 5.41) is 0. The van der Waals surface area contributed by atoms with Crippen molar-refractivity contribution in [3.63, 3.8) is 0 Å². The van der Waals surface area contributed by atoms with Crippen molar-refractivity contribution in [3.8, 4) is 0 Å². The third kappa shape index (κ3) is 3.85. The molecule has 0 heterocycles. The Hall–Kier alpha value is 1.31. The van der Waals surface area contributed by atoms with E-state index in [1.54, 1.807) is 0 Å². The second-order valence-electron chi connectivity index (χ2n) is 0.903. The SMILES string of the molecule is C=C(Br)[Si](Cl)(Cl)Cl. The Morgan fingerprint density at radius 2 is 1.57 bits per heavy atom. The lowest BCUT2D eigenvalue weighted by Gasteiger charge is -2.01. The molecule has 0 radical (unpaired) electrons. The molecular formula is C2H2BrCl3Si. The van der Waals surface area contributed by atoms with Gasteiger partial charge in [-0.2, -0.15) is 0 Å². The minimum absolute atomic E-state index is 0.491. The predicted molar refractivity (Wildman–Crippen MR) is 41.4 cm³/mol. The zero-order chi connectivity index (χ0) is 6.08. The molecule has 0 atom stereocenters. The molecule has 0 fully saturated rings. The molecule has 0 spiro atoms. The summed E-state index contributed by atoms with van der Waals surface area (Å²) in [6.07, 6.45) is 0. The summed E-state index contributed by atoms with van der Waals surface area (Å²) in [7, 11) is 0. The van der Waals surface area contributed by atoms with Gasteiger partial charge in [-0.1, -0.05) is 22.5 Å². The van der Waals surface area contributed by atoms with Gasteiger partial charge in [0, 0.05) is 4.11 Å². The Kier molecular flexibility index (Phi) is 3.25. The maximum Gasteiger partial charge on any atom is 0.379 e. The molecule has 7 heavy (non-hydrogen) atoms. The van der Waals surface area contributed by atoms with Crippen LogP contribution in [0.1, 0.15) is 0 Å². The van der Waals surface area contributed by atoms with E-state index in [2.05, 4.69) is 22.5 Å². The van der Waals surface area contributed by atoms with Crippen LogP contribution in [0.4, 0.5) is 0 Å². The normalized spacial score (nSPS) is 11.4. The quantitative estimate of drug-likeness (QED) is 0.488. The zero-order valence-electron chi connectivity index (χ0n) is 3.22. The van der Waals surface area contributed by atoms with E-state index in [-0.39, 0.29) is 0 Å². The van der Waals surface area contributed by atoms with Crippen LogP contribution in [-0.4, -0.2) is 6.00 Å². The Morgan fingerprint density at radius 3 is 1.57 bits per heavy atom. The molecule has 0 saturated carbocycles. The summed E-state index contributed by atoms with van der Waals surface area (Å²) < 4.78 is 0.491. The highest BCUT2D eigenvalue weighted by atomic mass is 79.9. The summed E-state index contributed by atoms with van der Waals surface area (Å²) in [6.45, 7) is 3.41. The Labute approximate surface area is 65.7 Å². The maximum absolute atomic E-state index is 5.39. The van der Waals surface area contributed by atoms with Gasteiger partial charge in [0.1, 0.15) is 0 Å². The molecule has 0 aliphatic carbocycles. The Bertz CT molecular complexity index is 85.4. The van der Waals surface area contributed by atoms with Crippen LogP contribution in [0.2, 0.25) is 0 Å². The molecule has 0 unspecified atom stereocenters. The van der Waals surface area contributed by atoms with E-state index in [0.29, 0.717) is 4.11 Å². The highest BCUT2D eigenvalue weighted by Crippen LogP contribution is 2.30. The van der Waals surface area contributed by atoms with Crippen LogP contribution in [0.15, 0.2) is 10.7 Å². The monoisotopic (exact) mass is 238 g/mol. The second kappa shape index (κ2) is 2.74. The van der Waals surface area contributed by atoms with Crippen LogP contribution in [-0.2, 0) is 0 Å². The average Bonchev–Trinajstić information content (AvgIpc) is 1.31. The molecule has 0 amide bonds. The van der Waals surface area contributed by atoms with Gasteiger partial charge in [-0.15, -0.1) is 33.2 Å². The van der Waals surface area contributed by atoms with Gasteiger partial charge in [-0.25, -0.2) is 0 Å². The van der Waals surface area contributed by atoms with Crippen molar-refractivity contribution in [1.82, 2.24) is 0 Å². The van der Waals surface area contributed by atoms with Crippen molar-refractivity contribution in [3.05, 3.63) is 10.7 Å². The van der Waals surface area contributed by atoms with E-state index in [4.69, 9.17) is 33.2 Å². The Balaban J connectivity index is 3.79. The lowest BCUT2D eigenvalue weighted by Crippen LogP contribution is -2.07. The molecule has 0 bridgehead atoms. The van der Waals surface area contributed by atoms with E-state index < -0.39 is 6.00 Å². The van der Waals surface area contributed by atoms with E-state index in [9.17, 15) is 0 Å². The first-order valence-electron chi connectivity index (χ1n) is 1.36. The smallest absolute Gasteiger partial charge is 0.121 e. The van der Waals surface area contributed by atoms with Crippen molar-refractivity contribution in [2.45, 2.75) is 0 Å². The van der Waals surface area contributed by atoms with Crippen molar-refractivity contribution < 1.29 is 0 Å². The van der Waals surface area contributed by atoms with Crippen LogP contribution < -0.4 is 0 Å². The van der Waals surface area contributed by atoms with E-state index in [1.165, 1.54) is 0 Å². The molecule has 0 aromatic heterocycles. The average molecular weight is 240 g/mol. The zero-order valence-corrected chi connectivity index (χ0v) is 8.07. The molecule has 5 heteroatoms. The number of rotatable bonds is 1. The fourth-order valence-electron chi connectivity index (χ4n) is 0. The fraction of sp³-hybridized carbons (Fsp3) is 0. The summed E-state index contributed by atoms with van der Waals surface area (Å²) in [5.41, 5.74) is 0. The predicted octanol–water partition coefficient (Wildman–Crippen LogP) is 3.09. The Morgan fingerprint density at radius 1 is 1.43 bits per heavy atom. The van der Waals surface area contributed by atoms with Gasteiger partial charge in [0.15, 0.2) is 0 Å². The van der Waals surface area contributed by atoms with Crippen LogP contribution in [0.25, 0.3) is 0 Å². The highest BCUT2D eigenvalue weighted by Gasteiger charge is 2.27. The van der Waals surface area contributed by atoms with Crippen LogP contribution >= 0.6 is 49.2 Å². The minimum Gasteiger partial charge on any atom is -0.121 e. The van der Waals surface area contributed by atoms with E-state index >= 15 is 0 Å². The van der Waals surface area contributed by atoms with Gasteiger partial charge in [-0.05, 0) is 0 Å². The summed E-state index contributed by atoms with van der Waals surface area (Å²) >= 11 is 19.1. The highest BCUT2D eigenvalue weighted by molar-refractivity contribution is 9.12. The van der Waals surface area contributed by atoms with Crippen LogP contribution in [0.5, 0.6) is 0 Å². The molecule has 0 N–H and O–H groups in total. The maximum atomic E-state index is 5.39. The van der Waals surface area contributed by atoms with Gasteiger partial charge >= 0.3 is 6.00 Å². The van der Waals surface area contributed by atoms with Gasteiger partial charge in [0.25, 0.3) is 0 Å². The summed E-state index contributed by atoms with van der Waals surface area (Å²) in [6, 6.07) is -2.60. The van der Waals surface area contributed by atoms with E-state index in [0.717, 1.165) is 0 Å². The minimum atomic E-state index is -2.60. The second-order valence-corrected chi connectivity index (χ2v) is 11.0. The van der Waals surface area contributed by atoms with E-state index in [1.807, 2.05) is 0 Å². The first-order valence-corrected chi connectivity index (χ1v) is 7.19. The molecule has 0 aromatic rings. The lowest BCUT2D eigenvalue weighted by molar-refractivity contribution is 2.47. The van der Waals surface area contributed by atoms with Crippen molar-refractivity contribution >= 4 is 55.2 Å². The van der Waals surface area contributed by atoms with Gasteiger partial charge < -0.3 is 0 Å².